The van der Waals surface area contributed by atoms with Gasteiger partial charge in [-0.2, -0.15) is 10.2 Å². The van der Waals surface area contributed by atoms with Crippen molar-refractivity contribution in [3.63, 3.8) is 0 Å². The van der Waals surface area contributed by atoms with E-state index in [2.05, 4.69) is 20.4 Å². The smallest absolute Gasteiger partial charge is 0.310 e. The van der Waals surface area contributed by atoms with Gasteiger partial charge >= 0.3 is 11.9 Å². The highest BCUT2D eigenvalue weighted by atomic mass is 16.5. The Labute approximate surface area is 219 Å². The number of carbonyl (C=O) groups excluding carboxylic acids is 2. The van der Waals surface area contributed by atoms with Gasteiger partial charge in [0.15, 0.2) is 0 Å². The number of aromatic amines is 2. The van der Waals surface area contributed by atoms with Crippen LogP contribution in [0.5, 0.6) is 0 Å². The average Bonchev–Trinajstić information content (AvgIpc) is 3.64. The first-order valence-corrected chi connectivity index (χ1v) is 12.1. The quantitative estimate of drug-likeness (QED) is 0.279. The normalized spacial score (nSPS) is 10.8. The Bertz CT molecular complexity index is 1490. The monoisotopic (exact) mass is 506 g/mol. The fourth-order valence-corrected chi connectivity index (χ4v) is 4.38. The minimum atomic E-state index is -0.295. The van der Waals surface area contributed by atoms with Gasteiger partial charge in [-0.3, -0.25) is 19.8 Å². The van der Waals surface area contributed by atoms with Crippen molar-refractivity contribution in [3.05, 3.63) is 96.1 Å². The number of nitrogens with one attached hydrogen (secondary N) is 2. The Morgan fingerprint density at radius 1 is 0.632 bits per heavy atom. The molecule has 0 spiro atoms. The second-order valence-corrected chi connectivity index (χ2v) is 8.73. The number of aromatic nitrogens is 4. The lowest BCUT2D eigenvalue weighted by atomic mass is 10.00. The number of carbonyl (C=O) groups is 2. The summed E-state index contributed by atoms with van der Waals surface area (Å²) in [6.45, 7) is 0. The molecule has 2 N–H and O–H groups in total. The molecule has 0 aliphatic carbocycles. The van der Waals surface area contributed by atoms with Crippen molar-refractivity contribution in [2.45, 2.75) is 12.8 Å². The molecule has 0 saturated heterocycles. The number of hydrogen-bond donors (Lipinski definition) is 2. The molecule has 38 heavy (non-hydrogen) atoms. The third-order valence-corrected chi connectivity index (χ3v) is 6.35. The minimum Gasteiger partial charge on any atom is -0.469 e. The molecule has 0 fully saturated rings. The van der Waals surface area contributed by atoms with Crippen LogP contribution in [-0.4, -0.2) is 46.6 Å². The van der Waals surface area contributed by atoms with Gasteiger partial charge in [-0.05, 0) is 29.3 Å². The van der Waals surface area contributed by atoms with Crippen LogP contribution in [0.3, 0.4) is 0 Å². The Morgan fingerprint density at radius 2 is 1.08 bits per heavy atom. The molecular weight excluding hydrogens is 480 g/mol. The van der Waals surface area contributed by atoms with E-state index in [4.69, 9.17) is 9.47 Å². The molecule has 8 nitrogen and oxygen atoms in total. The zero-order valence-electron chi connectivity index (χ0n) is 21.0. The molecule has 8 heteroatoms. The average molecular weight is 507 g/mol. The Kier molecular flexibility index (Phi) is 7.13. The number of ether oxygens (including phenoxy) is 2. The maximum absolute atomic E-state index is 11.9. The van der Waals surface area contributed by atoms with E-state index in [0.29, 0.717) is 0 Å². The molecule has 5 aromatic rings. The van der Waals surface area contributed by atoms with E-state index in [-0.39, 0.29) is 24.8 Å². The molecule has 0 radical (unpaired) electrons. The van der Waals surface area contributed by atoms with Crippen LogP contribution in [0.4, 0.5) is 0 Å². The molecule has 5 rings (SSSR count). The standard InChI is InChI=1S/C30H26N4O4/c1-37-29(35)15-19-8-3-5-12-23(19)27-17-25(31-33-27)21-10-7-11-22(14-21)26-18-28(34-32-26)24-13-6-4-9-20(24)16-30(36)38-2/h3-14,17-18H,15-16H2,1-2H3,(H,31,33)(H,32,34). The topological polar surface area (TPSA) is 110 Å². The predicted molar refractivity (Wildman–Crippen MR) is 144 cm³/mol. The van der Waals surface area contributed by atoms with Crippen molar-refractivity contribution < 1.29 is 19.1 Å². The Morgan fingerprint density at radius 3 is 1.53 bits per heavy atom. The summed E-state index contributed by atoms with van der Waals surface area (Å²) < 4.78 is 9.68. The molecule has 0 saturated carbocycles. The fourth-order valence-electron chi connectivity index (χ4n) is 4.38. The lowest BCUT2D eigenvalue weighted by molar-refractivity contribution is -0.140. The van der Waals surface area contributed by atoms with Crippen molar-refractivity contribution in [2.24, 2.45) is 0 Å². The lowest BCUT2D eigenvalue weighted by Crippen LogP contribution is -2.05. The van der Waals surface area contributed by atoms with Crippen LogP contribution in [0.15, 0.2) is 84.9 Å². The van der Waals surface area contributed by atoms with Crippen molar-refractivity contribution >= 4 is 11.9 Å². The molecule has 0 amide bonds. The van der Waals surface area contributed by atoms with Gasteiger partial charge in [0.25, 0.3) is 0 Å². The van der Waals surface area contributed by atoms with Crippen LogP contribution in [-0.2, 0) is 31.9 Å². The van der Waals surface area contributed by atoms with Gasteiger partial charge in [0.1, 0.15) is 0 Å². The maximum atomic E-state index is 11.9. The zero-order chi connectivity index (χ0) is 26.5. The number of nitrogens with zero attached hydrogens (tertiary/aromatic N) is 2. The van der Waals surface area contributed by atoms with Crippen LogP contribution >= 0.6 is 0 Å². The van der Waals surface area contributed by atoms with E-state index in [1.54, 1.807) is 0 Å². The van der Waals surface area contributed by atoms with Gasteiger partial charge in [-0.1, -0.05) is 66.7 Å². The van der Waals surface area contributed by atoms with Crippen molar-refractivity contribution in [1.82, 2.24) is 20.4 Å². The van der Waals surface area contributed by atoms with Crippen LogP contribution in [0.25, 0.3) is 45.0 Å². The fraction of sp³-hybridized carbons (Fsp3) is 0.133. The van der Waals surface area contributed by atoms with E-state index in [1.165, 1.54) is 14.2 Å². The number of rotatable bonds is 8. The molecule has 3 aromatic carbocycles. The third kappa shape index (κ3) is 5.24. The zero-order valence-corrected chi connectivity index (χ0v) is 21.0. The molecule has 0 aliphatic heterocycles. The number of benzene rings is 3. The lowest BCUT2D eigenvalue weighted by Gasteiger charge is -2.06. The SMILES string of the molecule is COC(=O)Cc1ccccc1-c1cc(-c2cccc(-c3cc(-c4ccccc4CC(=O)OC)[nH]n3)c2)n[nH]1. The third-order valence-electron chi connectivity index (χ3n) is 6.35. The van der Waals surface area contributed by atoms with E-state index in [9.17, 15) is 9.59 Å². The summed E-state index contributed by atoms with van der Waals surface area (Å²) in [7, 11) is 2.77. The summed E-state index contributed by atoms with van der Waals surface area (Å²) in [5.41, 5.74) is 8.54. The van der Waals surface area contributed by atoms with Crippen molar-refractivity contribution in [1.29, 1.82) is 0 Å². The highest BCUT2D eigenvalue weighted by Crippen LogP contribution is 2.31. The molecule has 190 valence electrons. The van der Waals surface area contributed by atoms with Gasteiger partial charge in [0.2, 0.25) is 0 Å². The van der Waals surface area contributed by atoms with Gasteiger partial charge < -0.3 is 9.47 Å². The summed E-state index contributed by atoms with van der Waals surface area (Å²) in [4.78, 5) is 23.7. The summed E-state index contributed by atoms with van der Waals surface area (Å²) in [5.74, 6) is -0.590. The maximum Gasteiger partial charge on any atom is 0.310 e. The summed E-state index contributed by atoms with van der Waals surface area (Å²) in [6.07, 6.45) is 0.363. The van der Waals surface area contributed by atoms with E-state index in [1.807, 2.05) is 84.9 Å². The second kappa shape index (κ2) is 11.0. The first kappa shape index (κ1) is 24.7. The molecule has 0 aliphatic rings. The Balaban J connectivity index is 1.42. The van der Waals surface area contributed by atoms with Crippen LogP contribution in [0.2, 0.25) is 0 Å². The molecule has 0 unspecified atom stereocenters. The van der Waals surface area contributed by atoms with Gasteiger partial charge in [-0.25, -0.2) is 0 Å². The highest BCUT2D eigenvalue weighted by Gasteiger charge is 2.15. The molecule has 2 aromatic heterocycles. The highest BCUT2D eigenvalue weighted by molar-refractivity contribution is 5.80. The van der Waals surface area contributed by atoms with Crippen LogP contribution in [0, 0.1) is 0 Å². The van der Waals surface area contributed by atoms with Crippen molar-refractivity contribution in [3.8, 4) is 45.0 Å². The minimum absolute atomic E-state index is 0.181. The molecular formula is C30H26N4O4. The number of esters is 2. The largest absolute Gasteiger partial charge is 0.469 e. The van der Waals surface area contributed by atoms with E-state index >= 15 is 0 Å². The number of methoxy groups -OCH3 is 2. The summed E-state index contributed by atoms with van der Waals surface area (Å²) >= 11 is 0. The Hall–Kier alpha value is -4.98. The molecule has 2 heterocycles. The van der Waals surface area contributed by atoms with E-state index < -0.39 is 0 Å². The first-order chi connectivity index (χ1) is 18.6. The van der Waals surface area contributed by atoms with Gasteiger partial charge in [-0.15, -0.1) is 0 Å². The van der Waals surface area contributed by atoms with Crippen molar-refractivity contribution in [2.75, 3.05) is 14.2 Å². The first-order valence-electron chi connectivity index (χ1n) is 12.1. The second-order valence-electron chi connectivity index (χ2n) is 8.73. The van der Waals surface area contributed by atoms with Gasteiger partial charge in [0, 0.05) is 22.3 Å². The number of hydrogen-bond acceptors (Lipinski definition) is 6. The molecule has 0 atom stereocenters. The number of H-pyrrole nitrogens is 2. The summed E-state index contributed by atoms with van der Waals surface area (Å²) in [5, 5.41) is 15.3. The molecule has 0 bridgehead atoms. The van der Waals surface area contributed by atoms with E-state index in [0.717, 1.165) is 56.2 Å². The van der Waals surface area contributed by atoms with Gasteiger partial charge in [0.05, 0.1) is 49.8 Å². The predicted octanol–water partition coefficient (Wildman–Crippen LogP) is 5.23. The van der Waals surface area contributed by atoms with Crippen LogP contribution < -0.4 is 0 Å². The summed E-state index contributed by atoms with van der Waals surface area (Å²) in [6, 6.07) is 27.3. The van der Waals surface area contributed by atoms with Crippen LogP contribution in [0.1, 0.15) is 11.1 Å².